The minimum absolute atomic E-state index is 0. The fourth-order valence-electron chi connectivity index (χ4n) is 6.55. The second kappa shape index (κ2) is 10.1. The summed E-state index contributed by atoms with van der Waals surface area (Å²) >= 11 is 21.9. The van der Waals surface area contributed by atoms with Crippen molar-refractivity contribution in [3.05, 3.63) is 80.6 Å². The van der Waals surface area contributed by atoms with Gasteiger partial charge in [-0.1, -0.05) is 74.2 Å². The van der Waals surface area contributed by atoms with Gasteiger partial charge in [0.05, 0.1) is 0 Å². The van der Waals surface area contributed by atoms with E-state index < -0.39 is 0 Å². The third kappa shape index (κ3) is 4.49. The average molecular weight is 551 g/mol. The fourth-order valence-corrected chi connectivity index (χ4v) is 7.82. The summed E-state index contributed by atoms with van der Waals surface area (Å²) in [7, 11) is 0. The Kier molecular flexibility index (Phi) is 7.78. The third-order valence-electron chi connectivity index (χ3n) is 8.11. The van der Waals surface area contributed by atoms with E-state index in [2.05, 4.69) is 48.5 Å². The SMILES string of the molecule is [Ni].[S-]C1=C([S-])c2ccccc2C2(CCCC2)C1.[S-]C1=C([S-])c2ccccc2C2(CCCC2)C1. The van der Waals surface area contributed by atoms with Gasteiger partial charge in [0.25, 0.3) is 0 Å². The van der Waals surface area contributed by atoms with Gasteiger partial charge in [0, 0.05) is 16.5 Å². The van der Waals surface area contributed by atoms with Gasteiger partial charge in [-0.15, -0.1) is 0 Å². The van der Waals surface area contributed by atoms with Crippen LogP contribution in [0, 0.1) is 0 Å². The van der Waals surface area contributed by atoms with E-state index in [0.717, 1.165) is 32.5 Å². The molecule has 2 aromatic carbocycles. The predicted octanol–water partition coefficient (Wildman–Crippen LogP) is 7.33. The van der Waals surface area contributed by atoms with Crippen molar-refractivity contribution in [3.63, 3.8) is 0 Å². The van der Waals surface area contributed by atoms with Crippen molar-refractivity contribution in [3.8, 4) is 0 Å². The number of hydrogen-bond acceptors (Lipinski definition) is 4. The molecule has 33 heavy (non-hydrogen) atoms. The van der Waals surface area contributed by atoms with Crippen LogP contribution < -0.4 is 0 Å². The summed E-state index contributed by atoms with van der Waals surface area (Å²) in [4.78, 5) is 3.86. The first-order chi connectivity index (χ1) is 15.5. The summed E-state index contributed by atoms with van der Waals surface area (Å²) < 4.78 is 0. The number of allylic oxidation sites excluding steroid dienone is 2. The Morgan fingerprint density at radius 3 is 1.21 bits per heavy atom. The first kappa shape index (κ1) is 25.4. The molecule has 0 nitrogen and oxygen atoms in total. The fraction of sp³-hybridized carbons (Fsp3) is 0.429. The standard InChI is InChI=1S/2C14H16S2.Ni/c2*15-12-9-14(7-3-4-8-14)11-6-2-1-5-10(11)13(12)16;/h2*1-2,5-6,15-16H,3-4,7-9H2;/p-4. The van der Waals surface area contributed by atoms with Crippen LogP contribution in [0.15, 0.2) is 58.3 Å². The van der Waals surface area contributed by atoms with Crippen LogP contribution in [0.4, 0.5) is 0 Å². The Labute approximate surface area is 231 Å². The molecule has 2 saturated carbocycles. The van der Waals surface area contributed by atoms with Crippen molar-refractivity contribution in [1.82, 2.24) is 0 Å². The molecule has 5 heteroatoms. The van der Waals surface area contributed by atoms with E-state index in [4.69, 9.17) is 50.5 Å². The van der Waals surface area contributed by atoms with Crippen LogP contribution in [-0.2, 0) is 77.8 Å². The van der Waals surface area contributed by atoms with E-state index in [9.17, 15) is 0 Å². The van der Waals surface area contributed by atoms with E-state index in [0.29, 0.717) is 10.8 Å². The van der Waals surface area contributed by atoms with Crippen molar-refractivity contribution in [1.29, 1.82) is 0 Å². The van der Waals surface area contributed by atoms with Gasteiger partial charge in [-0.2, -0.15) is 9.81 Å². The van der Waals surface area contributed by atoms with Crippen molar-refractivity contribution < 1.29 is 16.5 Å². The first-order valence-electron chi connectivity index (χ1n) is 11.8. The predicted molar refractivity (Wildman–Crippen MR) is 146 cm³/mol. The van der Waals surface area contributed by atoms with Crippen molar-refractivity contribution in [2.75, 3.05) is 0 Å². The monoisotopic (exact) mass is 550 g/mol. The van der Waals surface area contributed by atoms with E-state index in [1.54, 1.807) is 0 Å². The molecule has 6 rings (SSSR count). The largest absolute Gasteiger partial charge is 0.785 e. The Balaban J connectivity index is 0.000000152. The van der Waals surface area contributed by atoms with Crippen LogP contribution in [0.5, 0.6) is 0 Å². The Bertz CT molecular complexity index is 1000. The van der Waals surface area contributed by atoms with Gasteiger partial charge >= 0.3 is 0 Å². The van der Waals surface area contributed by atoms with Crippen LogP contribution in [-0.4, -0.2) is 0 Å². The van der Waals surface area contributed by atoms with Gasteiger partial charge in [0.1, 0.15) is 0 Å². The number of fused-ring (bicyclic) bond motifs is 4. The zero-order chi connectivity index (χ0) is 22.3. The summed E-state index contributed by atoms with van der Waals surface area (Å²) in [5.41, 5.74) is 6.05. The zero-order valence-electron chi connectivity index (χ0n) is 18.6. The summed E-state index contributed by atoms with van der Waals surface area (Å²) in [5.74, 6) is 0. The van der Waals surface area contributed by atoms with Crippen LogP contribution in [0.3, 0.4) is 0 Å². The summed E-state index contributed by atoms with van der Waals surface area (Å²) in [6, 6.07) is 17.2. The minimum Gasteiger partial charge on any atom is -0.785 e. The molecule has 4 aliphatic rings. The molecular formula is C28H28NiS4-4. The van der Waals surface area contributed by atoms with E-state index in [-0.39, 0.29) is 16.5 Å². The molecule has 0 aromatic heterocycles. The van der Waals surface area contributed by atoms with Gasteiger partial charge in [0.2, 0.25) is 0 Å². The molecule has 2 aromatic rings. The molecule has 2 spiro atoms. The second-order valence-electron chi connectivity index (χ2n) is 9.92. The van der Waals surface area contributed by atoms with Gasteiger partial charge in [-0.3, -0.25) is 0 Å². The Morgan fingerprint density at radius 1 is 0.515 bits per heavy atom. The van der Waals surface area contributed by atoms with Gasteiger partial charge < -0.3 is 50.5 Å². The zero-order valence-corrected chi connectivity index (χ0v) is 22.9. The van der Waals surface area contributed by atoms with Crippen molar-refractivity contribution in [2.45, 2.75) is 75.0 Å². The maximum atomic E-state index is 5.47. The quantitative estimate of drug-likeness (QED) is 0.248. The number of hydrogen-bond donors (Lipinski definition) is 0. The molecule has 0 amide bonds. The van der Waals surface area contributed by atoms with E-state index >= 15 is 0 Å². The molecular weight excluding hydrogens is 523 g/mol. The Hall–Kier alpha value is -0.706. The van der Waals surface area contributed by atoms with Gasteiger partial charge in [-0.05, 0) is 71.6 Å². The number of rotatable bonds is 0. The number of benzene rings is 2. The Morgan fingerprint density at radius 2 is 0.848 bits per heavy atom. The van der Waals surface area contributed by atoms with Crippen LogP contribution in [0.1, 0.15) is 86.5 Å². The maximum Gasteiger partial charge on any atom is 0 e. The molecule has 0 heterocycles. The molecule has 0 radical (unpaired) electrons. The molecule has 0 atom stereocenters. The van der Waals surface area contributed by atoms with Crippen LogP contribution in [0.2, 0.25) is 0 Å². The molecule has 0 aliphatic heterocycles. The van der Waals surface area contributed by atoms with Crippen LogP contribution in [0.25, 0.3) is 9.81 Å². The third-order valence-corrected chi connectivity index (χ3v) is 10.00. The maximum absolute atomic E-state index is 5.47. The van der Waals surface area contributed by atoms with E-state index in [1.165, 1.54) is 73.6 Å². The summed E-state index contributed by atoms with van der Waals surface area (Å²) in [6.07, 6.45) is 12.5. The molecule has 4 aliphatic carbocycles. The van der Waals surface area contributed by atoms with Gasteiger partial charge in [-0.25, -0.2) is 9.81 Å². The molecule has 2 fully saturated rings. The molecule has 178 valence electrons. The van der Waals surface area contributed by atoms with Crippen molar-refractivity contribution >= 4 is 60.3 Å². The molecule has 0 N–H and O–H groups in total. The molecule has 0 unspecified atom stereocenters. The molecule has 0 bridgehead atoms. The first-order valence-corrected chi connectivity index (χ1v) is 13.4. The van der Waals surface area contributed by atoms with Gasteiger partial charge in [0.15, 0.2) is 0 Å². The average Bonchev–Trinajstić information content (AvgIpc) is 3.48. The smallest absolute Gasteiger partial charge is 0 e. The molecule has 0 saturated heterocycles. The summed E-state index contributed by atoms with van der Waals surface area (Å²) in [5, 5.41) is 0. The van der Waals surface area contributed by atoms with Crippen LogP contribution >= 0.6 is 0 Å². The van der Waals surface area contributed by atoms with Crippen molar-refractivity contribution in [2.24, 2.45) is 0 Å². The second-order valence-corrected chi connectivity index (χ2v) is 11.7. The van der Waals surface area contributed by atoms with E-state index in [1.807, 2.05) is 0 Å². The summed E-state index contributed by atoms with van der Waals surface area (Å²) in [6.45, 7) is 0. The normalized spacial score (nSPS) is 21.8. The topological polar surface area (TPSA) is 0 Å². The minimum atomic E-state index is 0.